The number of halogens is 1. The number of benzene rings is 1. The maximum absolute atomic E-state index is 13.2. The quantitative estimate of drug-likeness (QED) is 0.672. The molecule has 5 rings (SSSR count). The van der Waals surface area contributed by atoms with Crippen LogP contribution >= 0.6 is 0 Å². The number of pyridine rings is 1. The fraction of sp³-hybridized carbons (Fsp3) is 0.333. The fourth-order valence-corrected chi connectivity index (χ4v) is 4.07. The Bertz CT molecular complexity index is 1110. The molecule has 31 heavy (non-hydrogen) atoms. The summed E-state index contributed by atoms with van der Waals surface area (Å²) in [5.74, 6) is 0.790. The van der Waals surface area contributed by atoms with E-state index in [0.717, 1.165) is 49.1 Å². The smallest absolute Gasteiger partial charge is 0.252 e. The van der Waals surface area contributed by atoms with E-state index >= 15 is 0 Å². The van der Waals surface area contributed by atoms with Crippen LogP contribution in [0.25, 0.3) is 0 Å². The van der Waals surface area contributed by atoms with Crippen LogP contribution in [-0.2, 0) is 12.0 Å². The van der Waals surface area contributed by atoms with Crippen molar-refractivity contribution in [2.24, 2.45) is 0 Å². The standard InChI is InChI=1S/C24H23FN4O2/c1-15-26-13-18(14-27-15)31-21-4-2-3-20-19(21)9-10-22(28-20)24(11-12-24)29-23(30)16-5-7-17(25)8-6-16/h5-10,13-14,21H,2-4,11-12H2,1H3,(H,29,30)/t21-/m0/s1. The number of rotatable bonds is 5. The Morgan fingerprint density at radius 1 is 1.13 bits per heavy atom. The molecule has 1 amide bonds. The zero-order valence-corrected chi connectivity index (χ0v) is 17.3. The molecule has 0 spiro atoms. The highest BCUT2D eigenvalue weighted by Gasteiger charge is 2.47. The highest BCUT2D eigenvalue weighted by atomic mass is 19.1. The average Bonchev–Trinajstić information content (AvgIpc) is 3.56. The van der Waals surface area contributed by atoms with Crippen molar-refractivity contribution in [3.63, 3.8) is 0 Å². The largest absolute Gasteiger partial charge is 0.482 e. The summed E-state index contributed by atoms with van der Waals surface area (Å²) >= 11 is 0. The summed E-state index contributed by atoms with van der Waals surface area (Å²) in [7, 11) is 0. The summed E-state index contributed by atoms with van der Waals surface area (Å²) in [5, 5.41) is 3.11. The molecule has 2 aromatic heterocycles. The van der Waals surface area contributed by atoms with Crippen molar-refractivity contribution < 1.29 is 13.9 Å². The topological polar surface area (TPSA) is 77.0 Å². The van der Waals surface area contributed by atoms with Crippen LogP contribution in [0.15, 0.2) is 48.8 Å². The minimum Gasteiger partial charge on any atom is -0.482 e. The second-order valence-electron chi connectivity index (χ2n) is 8.24. The maximum atomic E-state index is 13.2. The molecule has 158 valence electrons. The Kier molecular flexibility index (Phi) is 4.88. The summed E-state index contributed by atoms with van der Waals surface area (Å²) in [6.07, 6.45) is 7.77. The molecule has 2 aliphatic carbocycles. The van der Waals surface area contributed by atoms with Crippen molar-refractivity contribution in [2.45, 2.75) is 50.7 Å². The van der Waals surface area contributed by atoms with Crippen LogP contribution in [0.5, 0.6) is 5.75 Å². The second-order valence-corrected chi connectivity index (χ2v) is 8.24. The van der Waals surface area contributed by atoms with Gasteiger partial charge in [0.1, 0.15) is 17.7 Å². The van der Waals surface area contributed by atoms with Gasteiger partial charge in [-0.2, -0.15) is 0 Å². The lowest BCUT2D eigenvalue weighted by molar-refractivity contribution is 0.0929. The van der Waals surface area contributed by atoms with E-state index in [4.69, 9.17) is 9.72 Å². The number of nitrogens with zero attached hydrogens (tertiary/aromatic N) is 3. The van der Waals surface area contributed by atoms with E-state index in [1.54, 1.807) is 12.4 Å². The van der Waals surface area contributed by atoms with Gasteiger partial charge in [-0.05, 0) is 69.4 Å². The van der Waals surface area contributed by atoms with E-state index in [2.05, 4.69) is 21.4 Å². The van der Waals surface area contributed by atoms with Gasteiger partial charge in [0.25, 0.3) is 5.91 Å². The summed E-state index contributed by atoms with van der Waals surface area (Å²) in [5.41, 5.74) is 2.97. The lowest BCUT2D eigenvalue weighted by atomic mass is 9.92. The van der Waals surface area contributed by atoms with Crippen LogP contribution < -0.4 is 10.1 Å². The van der Waals surface area contributed by atoms with Gasteiger partial charge in [-0.1, -0.05) is 6.07 Å². The minimum atomic E-state index is -0.445. The second kappa shape index (κ2) is 7.72. The van der Waals surface area contributed by atoms with Gasteiger partial charge in [0.15, 0.2) is 5.75 Å². The monoisotopic (exact) mass is 418 g/mol. The Morgan fingerprint density at radius 3 is 2.58 bits per heavy atom. The Labute approximate surface area is 179 Å². The van der Waals surface area contributed by atoms with Gasteiger partial charge in [-0.15, -0.1) is 0 Å². The predicted octanol–water partition coefficient (Wildman–Crippen LogP) is 4.19. The molecule has 1 N–H and O–H groups in total. The molecule has 1 aromatic carbocycles. The van der Waals surface area contributed by atoms with E-state index < -0.39 is 5.54 Å². The van der Waals surface area contributed by atoms with Crippen molar-refractivity contribution in [3.05, 3.63) is 82.9 Å². The normalized spacial score (nSPS) is 18.7. The molecule has 2 heterocycles. The zero-order valence-electron chi connectivity index (χ0n) is 17.3. The van der Waals surface area contributed by atoms with Gasteiger partial charge in [0.05, 0.1) is 23.6 Å². The predicted molar refractivity (Wildman–Crippen MR) is 112 cm³/mol. The molecule has 0 saturated heterocycles. The third-order valence-corrected chi connectivity index (χ3v) is 5.97. The molecule has 0 aliphatic heterocycles. The number of carbonyl (C=O) groups is 1. The number of aromatic nitrogens is 3. The van der Waals surface area contributed by atoms with Gasteiger partial charge in [0.2, 0.25) is 0 Å². The molecule has 1 saturated carbocycles. The summed E-state index contributed by atoms with van der Waals surface area (Å²) in [6.45, 7) is 1.84. The van der Waals surface area contributed by atoms with Crippen molar-refractivity contribution in [3.8, 4) is 5.75 Å². The molecule has 1 fully saturated rings. The van der Waals surface area contributed by atoms with Crippen molar-refractivity contribution in [1.29, 1.82) is 0 Å². The molecule has 2 aliphatic rings. The first-order chi connectivity index (χ1) is 15.0. The zero-order chi connectivity index (χ0) is 21.4. The van der Waals surface area contributed by atoms with Crippen molar-refractivity contribution in [1.82, 2.24) is 20.3 Å². The molecule has 0 radical (unpaired) electrons. The number of carbonyl (C=O) groups excluding carboxylic acids is 1. The van der Waals surface area contributed by atoms with Gasteiger partial charge in [-0.25, -0.2) is 14.4 Å². The highest BCUT2D eigenvalue weighted by molar-refractivity contribution is 5.95. The highest BCUT2D eigenvalue weighted by Crippen LogP contribution is 2.46. The molecule has 6 nitrogen and oxygen atoms in total. The molecular formula is C24H23FN4O2. The summed E-state index contributed by atoms with van der Waals surface area (Å²) < 4.78 is 19.3. The van der Waals surface area contributed by atoms with Crippen LogP contribution in [0, 0.1) is 12.7 Å². The third-order valence-electron chi connectivity index (χ3n) is 5.97. The number of amides is 1. The molecule has 1 atom stereocenters. The number of hydrogen-bond donors (Lipinski definition) is 1. The average molecular weight is 418 g/mol. The van der Waals surface area contributed by atoms with Crippen LogP contribution in [0.4, 0.5) is 4.39 Å². The number of ether oxygens (including phenoxy) is 1. The van der Waals surface area contributed by atoms with E-state index in [9.17, 15) is 9.18 Å². The summed E-state index contributed by atoms with van der Waals surface area (Å²) in [6, 6.07) is 9.65. The Balaban J connectivity index is 1.35. The Morgan fingerprint density at radius 2 is 1.87 bits per heavy atom. The fourth-order valence-electron chi connectivity index (χ4n) is 4.07. The van der Waals surface area contributed by atoms with E-state index in [-0.39, 0.29) is 17.8 Å². The minimum absolute atomic E-state index is 0.0828. The SMILES string of the molecule is Cc1ncc(O[C@H]2CCCc3nc(C4(NC(=O)c5ccc(F)cc5)CC4)ccc32)cn1. The van der Waals surface area contributed by atoms with Gasteiger partial charge in [0, 0.05) is 16.8 Å². The van der Waals surface area contributed by atoms with Crippen molar-refractivity contribution in [2.75, 3.05) is 0 Å². The molecule has 0 unspecified atom stereocenters. The number of hydrogen-bond acceptors (Lipinski definition) is 5. The van der Waals surface area contributed by atoms with Gasteiger partial charge in [-0.3, -0.25) is 9.78 Å². The number of nitrogens with one attached hydrogen (secondary N) is 1. The van der Waals surface area contributed by atoms with E-state index in [1.807, 2.05) is 13.0 Å². The Hall–Kier alpha value is -3.35. The lowest BCUT2D eigenvalue weighted by Gasteiger charge is -2.27. The summed E-state index contributed by atoms with van der Waals surface area (Å²) in [4.78, 5) is 26.0. The van der Waals surface area contributed by atoms with Crippen LogP contribution in [-0.4, -0.2) is 20.9 Å². The van der Waals surface area contributed by atoms with Gasteiger partial charge >= 0.3 is 0 Å². The van der Waals surface area contributed by atoms with Gasteiger partial charge < -0.3 is 10.1 Å². The lowest BCUT2D eigenvalue weighted by Crippen LogP contribution is -2.36. The van der Waals surface area contributed by atoms with E-state index in [0.29, 0.717) is 17.1 Å². The molecular weight excluding hydrogens is 395 g/mol. The first kappa shape index (κ1) is 19.6. The molecule has 0 bridgehead atoms. The van der Waals surface area contributed by atoms with Crippen LogP contribution in [0.2, 0.25) is 0 Å². The van der Waals surface area contributed by atoms with Crippen LogP contribution in [0.1, 0.15) is 64.9 Å². The van der Waals surface area contributed by atoms with Crippen LogP contribution in [0.3, 0.4) is 0 Å². The first-order valence-electron chi connectivity index (χ1n) is 10.6. The van der Waals surface area contributed by atoms with Crippen molar-refractivity contribution >= 4 is 5.91 Å². The molecule has 7 heteroatoms. The maximum Gasteiger partial charge on any atom is 0.252 e. The molecule has 3 aromatic rings. The first-order valence-corrected chi connectivity index (χ1v) is 10.6. The number of aryl methyl sites for hydroxylation is 2. The number of fused-ring (bicyclic) bond motifs is 1. The third kappa shape index (κ3) is 4.00. The van der Waals surface area contributed by atoms with E-state index in [1.165, 1.54) is 24.3 Å².